The molecular weight excluding hydrogens is 334 g/mol. The molecule has 0 radical (unpaired) electrons. The quantitative estimate of drug-likeness (QED) is 0.890. The average molecular weight is 358 g/mol. The predicted molar refractivity (Wildman–Crippen MR) is 103 cm³/mol. The second kappa shape index (κ2) is 8.48. The van der Waals surface area contributed by atoms with Crippen molar-refractivity contribution in [1.29, 1.82) is 0 Å². The van der Waals surface area contributed by atoms with Crippen LogP contribution in [0.25, 0.3) is 0 Å². The van der Waals surface area contributed by atoms with Gasteiger partial charge in [-0.2, -0.15) is 0 Å². The molecule has 25 heavy (non-hydrogen) atoms. The fourth-order valence-corrected chi connectivity index (χ4v) is 3.31. The molecule has 0 atom stereocenters. The van der Waals surface area contributed by atoms with E-state index >= 15 is 0 Å². The summed E-state index contributed by atoms with van der Waals surface area (Å²) in [7, 11) is 0. The number of aryl methyl sites for hydroxylation is 1. The zero-order valence-corrected chi connectivity index (χ0v) is 15.3. The molecule has 0 aliphatic carbocycles. The van der Waals surface area contributed by atoms with Crippen LogP contribution >= 0.6 is 11.6 Å². The molecule has 0 aromatic heterocycles. The lowest BCUT2D eigenvalue weighted by atomic mass is 10.1. The second-order valence-electron chi connectivity index (χ2n) is 6.57. The molecule has 1 aliphatic rings. The Labute approximate surface area is 154 Å². The summed E-state index contributed by atoms with van der Waals surface area (Å²) in [6.45, 7) is 7.27. The zero-order valence-electron chi connectivity index (χ0n) is 14.5. The number of hydrogen-bond acceptors (Lipinski definition) is 3. The smallest absolute Gasteiger partial charge is 0.238 e. The van der Waals surface area contributed by atoms with E-state index in [0.29, 0.717) is 17.3 Å². The Hall–Kier alpha value is -1.88. The van der Waals surface area contributed by atoms with Gasteiger partial charge in [0.05, 0.1) is 17.3 Å². The third-order valence-electron chi connectivity index (χ3n) is 4.47. The first kappa shape index (κ1) is 17.9. The van der Waals surface area contributed by atoms with E-state index in [1.54, 1.807) is 6.07 Å². The Morgan fingerprint density at radius 2 is 1.76 bits per heavy atom. The summed E-state index contributed by atoms with van der Waals surface area (Å²) < 4.78 is 0. The highest BCUT2D eigenvalue weighted by Gasteiger charge is 2.19. The molecule has 0 saturated carbocycles. The molecule has 0 unspecified atom stereocenters. The largest absolute Gasteiger partial charge is 0.324 e. The molecule has 2 aromatic carbocycles. The van der Waals surface area contributed by atoms with Gasteiger partial charge < -0.3 is 5.32 Å². The summed E-state index contributed by atoms with van der Waals surface area (Å²) in [6, 6.07) is 16.0. The number of para-hydroxylation sites is 1. The highest BCUT2D eigenvalue weighted by atomic mass is 35.5. The highest BCUT2D eigenvalue weighted by Crippen LogP contribution is 2.20. The summed E-state index contributed by atoms with van der Waals surface area (Å²) in [4.78, 5) is 16.9. The molecule has 1 fully saturated rings. The molecule has 5 heteroatoms. The van der Waals surface area contributed by atoms with Crippen LogP contribution in [0.3, 0.4) is 0 Å². The lowest BCUT2D eigenvalue weighted by Crippen LogP contribution is -2.48. The Morgan fingerprint density at radius 1 is 1.04 bits per heavy atom. The van der Waals surface area contributed by atoms with Crippen molar-refractivity contribution >= 4 is 23.2 Å². The molecule has 1 N–H and O–H groups in total. The maximum atomic E-state index is 12.2. The van der Waals surface area contributed by atoms with Gasteiger partial charge >= 0.3 is 0 Å². The van der Waals surface area contributed by atoms with E-state index in [2.05, 4.69) is 46.3 Å². The molecule has 1 amide bonds. The number of nitrogens with one attached hydrogen (secondary N) is 1. The number of piperazine rings is 1. The van der Waals surface area contributed by atoms with Gasteiger partial charge in [0, 0.05) is 32.7 Å². The van der Waals surface area contributed by atoms with Crippen LogP contribution in [0.2, 0.25) is 5.02 Å². The number of anilines is 1. The predicted octanol–water partition coefficient (Wildman–Crippen LogP) is 3.40. The van der Waals surface area contributed by atoms with Gasteiger partial charge in [0.2, 0.25) is 5.91 Å². The maximum Gasteiger partial charge on any atom is 0.238 e. The first-order valence-corrected chi connectivity index (χ1v) is 9.02. The Balaban J connectivity index is 1.44. The summed E-state index contributed by atoms with van der Waals surface area (Å²) >= 11 is 6.08. The Morgan fingerprint density at radius 3 is 2.48 bits per heavy atom. The van der Waals surface area contributed by atoms with Gasteiger partial charge in [-0.05, 0) is 24.6 Å². The number of carbonyl (C=O) groups excluding carboxylic acids is 1. The molecule has 4 nitrogen and oxygen atoms in total. The summed E-state index contributed by atoms with van der Waals surface area (Å²) in [5, 5.41) is 3.46. The van der Waals surface area contributed by atoms with Crippen molar-refractivity contribution in [3.63, 3.8) is 0 Å². The molecule has 0 spiro atoms. The number of amides is 1. The van der Waals surface area contributed by atoms with Crippen molar-refractivity contribution in [3.8, 4) is 0 Å². The summed E-state index contributed by atoms with van der Waals surface area (Å²) in [5.74, 6) is -0.0137. The van der Waals surface area contributed by atoms with Crippen LogP contribution < -0.4 is 5.32 Å². The molecule has 0 bridgehead atoms. The monoisotopic (exact) mass is 357 g/mol. The van der Waals surface area contributed by atoms with E-state index in [9.17, 15) is 4.79 Å². The minimum atomic E-state index is -0.0137. The molecule has 2 aromatic rings. The minimum Gasteiger partial charge on any atom is -0.324 e. The first-order chi connectivity index (χ1) is 12.1. The van der Waals surface area contributed by atoms with Gasteiger partial charge in [-0.3, -0.25) is 14.6 Å². The topological polar surface area (TPSA) is 35.6 Å². The highest BCUT2D eigenvalue weighted by molar-refractivity contribution is 6.33. The van der Waals surface area contributed by atoms with Crippen LogP contribution in [0.15, 0.2) is 48.5 Å². The maximum absolute atomic E-state index is 12.2. The van der Waals surface area contributed by atoms with E-state index in [-0.39, 0.29) is 5.91 Å². The molecule has 3 rings (SSSR count). The van der Waals surface area contributed by atoms with Crippen molar-refractivity contribution in [2.45, 2.75) is 13.5 Å². The summed E-state index contributed by atoms with van der Waals surface area (Å²) in [6.07, 6.45) is 0. The standard InChI is InChI=1S/C20H24ClN3O/c1-16-5-4-6-17(13-16)14-23-9-11-24(12-10-23)15-20(25)22-19-8-3-2-7-18(19)21/h2-8,13H,9-12,14-15H2,1H3,(H,22,25). The number of nitrogens with zero attached hydrogens (tertiary/aromatic N) is 2. The van der Waals surface area contributed by atoms with Crippen LogP contribution in [-0.4, -0.2) is 48.4 Å². The number of hydrogen-bond donors (Lipinski definition) is 1. The zero-order chi connectivity index (χ0) is 17.6. The van der Waals surface area contributed by atoms with Crippen molar-refractivity contribution < 1.29 is 4.79 Å². The number of halogens is 1. The van der Waals surface area contributed by atoms with E-state index in [1.807, 2.05) is 18.2 Å². The normalized spacial score (nSPS) is 15.9. The minimum absolute atomic E-state index is 0.0137. The van der Waals surface area contributed by atoms with Crippen molar-refractivity contribution in [2.24, 2.45) is 0 Å². The number of rotatable bonds is 5. The van der Waals surface area contributed by atoms with Crippen molar-refractivity contribution in [2.75, 3.05) is 38.0 Å². The molecule has 1 aliphatic heterocycles. The fraction of sp³-hybridized carbons (Fsp3) is 0.350. The first-order valence-electron chi connectivity index (χ1n) is 8.65. The third kappa shape index (κ3) is 5.30. The SMILES string of the molecule is Cc1cccc(CN2CCN(CC(=O)Nc3ccccc3Cl)CC2)c1. The summed E-state index contributed by atoms with van der Waals surface area (Å²) in [5.41, 5.74) is 3.32. The lowest BCUT2D eigenvalue weighted by molar-refractivity contribution is -0.117. The van der Waals surface area contributed by atoms with E-state index in [1.165, 1.54) is 11.1 Å². The second-order valence-corrected chi connectivity index (χ2v) is 6.98. The molecule has 1 saturated heterocycles. The van der Waals surface area contributed by atoms with Gasteiger partial charge in [-0.15, -0.1) is 0 Å². The number of carbonyl (C=O) groups is 1. The van der Waals surface area contributed by atoms with E-state index in [0.717, 1.165) is 32.7 Å². The van der Waals surface area contributed by atoms with Crippen LogP contribution in [0.1, 0.15) is 11.1 Å². The van der Waals surface area contributed by atoms with E-state index < -0.39 is 0 Å². The molecular formula is C20H24ClN3O. The van der Waals surface area contributed by atoms with Gasteiger partial charge in [0.25, 0.3) is 0 Å². The van der Waals surface area contributed by atoms with Crippen LogP contribution in [0.4, 0.5) is 5.69 Å². The van der Waals surface area contributed by atoms with Gasteiger partial charge in [-0.25, -0.2) is 0 Å². The fourth-order valence-electron chi connectivity index (χ4n) is 3.13. The van der Waals surface area contributed by atoms with Gasteiger partial charge in [0.15, 0.2) is 0 Å². The third-order valence-corrected chi connectivity index (χ3v) is 4.80. The van der Waals surface area contributed by atoms with Crippen LogP contribution in [-0.2, 0) is 11.3 Å². The number of benzene rings is 2. The Kier molecular flexibility index (Phi) is 6.08. The van der Waals surface area contributed by atoms with Crippen LogP contribution in [0, 0.1) is 6.92 Å². The Bertz CT molecular complexity index is 726. The molecule has 1 heterocycles. The lowest BCUT2D eigenvalue weighted by Gasteiger charge is -2.34. The van der Waals surface area contributed by atoms with Gasteiger partial charge in [0.1, 0.15) is 0 Å². The average Bonchev–Trinajstić information content (AvgIpc) is 2.59. The van der Waals surface area contributed by atoms with Crippen molar-refractivity contribution in [1.82, 2.24) is 9.80 Å². The molecule has 132 valence electrons. The van der Waals surface area contributed by atoms with E-state index in [4.69, 9.17) is 11.6 Å². The van der Waals surface area contributed by atoms with Gasteiger partial charge in [-0.1, -0.05) is 53.6 Å². The van der Waals surface area contributed by atoms with Crippen LogP contribution in [0.5, 0.6) is 0 Å². The van der Waals surface area contributed by atoms with Crippen molar-refractivity contribution in [3.05, 3.63) is 64.7 Å².